The Labute approximate surface area is 186 Å². The molecule has 0 aliphatic rings. The molecular formula is C21H43NO9. The van der Waals surface area contributed by atoms with Gasteiger partial charge >= 0.3 is 5.97 Å². The number of nitrogens with one attached hydrogen (secondary N) is 1. The van der Waals surface area contributed by atoms with Gasteiger partial charge in [-0.15, -0.1) is 0 Å². The van der Waals surface area contributed by atoms with Crippen LogP contribution in [0.4, 0.5) is 0 Å². The van der Waals surface area contributed by atoms with E-state index >= 15 is 0 Å². The number of aliphatic hydroxyl groups excluding tert-OH is 1. The Morgan fingerprint density at radius 2 is 1.06 bits per heavy atom. The second kappa shape index (κ2) is 22.3. The maximum atomic E-state index is 11.5. The Hall–Kier alpha value is -0.850. The molecule has 0 unspecified atom stereocenters. The summed E-state index contributed by atoms with van der Waals surface area (Å²) in [7, 11) is 0. The Balaban J connectivity index is 3.10. The standard InChI is InChI=1S/C21H43NO9/c1-21(2,3)31-20(24)5-4-7-25-9-11-27-13-15-29-17-18-30-16-14-28-12-10-26-8-6-22-19-23/h22-23H,4-19H2,1-3H3. The van der Waals surface area contributed by atoms with Gasteiger partial charge in [-0.1, -0.05) is 0 Å². The van der Waals surface area contributed by atoms with Gasteiger partial charge in [0.05, 0.1) is 79.4 Å². The highest BCUT2D eigenvalue weighted by atomic mass is 16.6. The van der Waals surface area contributed by atoms with Crippen molar-refractivity contribution >= 4 is 5.97 Å². The van der Waals surface area contributed by atoms with Crippen molar-refractivity contribution in [2.45, 2.75) is 39.2 Å². The van der Waals surface area contributed by atoms with Gasteiger partial charge in [-0.25, -0.2) is 0 Å². The van der Waals surface area contributed by atoms with E-state index < -0.39 is 5.60 Å². The molecule has 0 rings (SSSR count). The van der Waals surface area contributed by atoms with Gasteiger partial charge in [0.25, 0.3) is 0 Å². The summed E-state index contributed by atoms with van der Waals surface area (Å²) in [4.78, 5) is 11.5. The van der Waals surface area contributed by atoms with Crippen LogP contribution >= 0.6 is 0 Å². The molecule has 31 heavy (non-hydrogen) atoms. The van der Waals surface area contributed by atoms with Gasteiger partial charge in [-0.05, 0) is 27.2 Å². The molecule has 186 valence electrons. The Morgan fingerprint density at radius 3 is 1.45 bits per heavy atom. The Bertz CT molecular complexity index is 392. The molecule has 0 aromatic carbocycles. The first-order chi connectivity index (χ1) is 15.0. The van der Waals surface area contributed by atoms with E-state index in [1.54, 1.807) is 0 Å². The van der Waals surface area contributed by atoms with Crippen molar-refractivity contribution in [1.29, 1.82) is 0 Å². The van der Waals surface area contributed by atoms with Crippen LogP contribution in [-0.2, 0) is 38.0 Å². The summed E-state index contributed by atoms with van der Waals surface area (Å²) in [5.41, 5.74) is -0.440. The van der Waals surface area contributed by atoms with Crippen molar-refractivity contribution in [3.63, 3.8) is 0 Å². The van der Waals surface area contributed by atoms with Crippen molar-refractivity contribution in [3.8, 4) is 0 Å². The van der Waals surface area contributed by atoms with E-state index in [2.05, 4.69) is 5.32 Å². The number of aliphatic hydroxyl groups is 1. The van der Waals surface area contributed by atoms with E-state index in [-0.39, 0.29) is 12.7 Å². The Kier molecular flexibility index (Phi) is 21.7. The van der Waals surface area contributed by atoms with E-state index in [0.717, 1.165) is 0 Å². The second-order valence-corrected chi connectivity index (χ2v) is 7.52. The number of esters is 1. The topological polar surface area (TPSA) is 114 Å². The predicted octanol–water partition coefficient (Wildman–Crippen LogP) is 0.747. The van der Waals surface area contributed by atoms with Crippen molar-refractivity contribution in [2.75, 3.05) is 92.6 Å². The number of rotatable bonds is 23. The van der Waals surface area contributed by atoms with Crippen LogP contribution in [0.1, 0.15) is 33.6 Å². The van der Waals surface area contributed by atoms with Gasteiger partial charge in [0.2, 0.25) is 0 Å². The van der Waals surface area contributed by atoms with Gasteiger partial charge in [0.15, 0.2) is 0 Å². The first-order valence-electron chi connectivity index (χ1n) is 11.0. The number of hydrogen-bond acceptors (Lipinski definition) is 10. The van der Waals surface area contributed by atoms with Crippen LogP contribution in [0.2, 0.25) is 0 Å². The highest BCUT2D eigenvalue weighted by molar-refractivity contribution is 5.69. The summed E-state index contributed by atoms with van der Waals surface area (Å²) in [5, 5.41) is 11.3. The average Bonchev–Trinajstić information content (AvgIpc) is 2.70. The summed E-state index contributed by atoms with van der Waals surface area (Å²) in [6, 6.07) is 0. The maximum Gasteiger partial charge on any atom is 0.306 e. The molecule has 0 fully saturated rings. The van der Waals surface area contributed by atoms with Crippen LogP contribution in [0.3, 0.4) is 0 Å². The summed E-state index contributed by atoms with van der Waals surface area (Å²) >= 11 is 0. The molecule has 0 aliphatic carbocycles. The van der Waals surface area contributed by atoms with E-state index in [1.807, 2.05) is 20.8 Å². The van der Waals surface area contributed by atoms with Crippen molar-refractivity contribution in [3.05, 3.63) is 0 Å². The lowest BCUT2D eigenvalue weighted by Crippen LogP contribution is -2.23. The molecule has 0 aromatic heterocycles. The fourth-order valence-corrected chi connectivity index (χ4v) is 2.14. The van der Waals surface area contributed by atoms with Crippen LogP contribution in [-0.4, -0.2) is 109 Å². The van der Waals surface area contributed by atoms with Crippen LogP contribution in [0.5, 0.6) is 0 Å². The number of ether oxygens (including phenoxy) is 7. The summed E-state index contributed by atoms with van der Waals surface area (Å²) in [6.07, 6.45) is 0.999. The third-order valence-electron chi connectivity index (χ3n) is 3.48. The van der Waals surface area contributed by atoms with Gasteiger partial charge in [-0.2, -0.15) is 0 Å². The Morgan fingerprint density at radius 1 is 0.677 bits per heavy atom. The summed E-state index contributed by atoms with van der Waals surface area (Å²) in [5.74, 6) is -0.199. The third kappa shape index (κ3) is 27.1. The van der Waals surface area contributed by atoms with Gasteiger partial charge in [0, 0.05) is 19.6 Å². The molecule has 10 heteroatoms. The molecule has 10 nitrogen and oxygen atoms in total. The van der Waals surface area contributed by atoms with Crippen LogP contribution in [0, 0.1) is 0 Å². The fraction of sp³-hybridized carbons (Fsp3) is 0.952. The highest BCUT2D eigenvalue weighted by Crippen LogP contribution is 2.09. The van der Waals surface area contributed by atoms with Crippen LogP contribution in [0.15, 0.2) is 0 Å². The number of carbonyl (C=O) groups excluding carboxylic acids is 1. The maximum absolute atomic E-state index is 11.5. The quantitative estimate of drug-likeness (QED) is 0.130. The zero-order chi connectivity index (χ0) is 23.0. The minimum Gasteiger partial charge on any atom is -0.460 e. The molecule has 0 heterocycles. The van der Waals surface area contributed by atoms with E-state index in [9.17, 15) is 4.79 Å². The molecule has 0 bridgehead atoms. The van der Waals surface area contributed by atoms with E-state index in [4.69, 9.17) is 38.3 Å². The smallest absolute Gasteiger partial charge is 0.306 e. The lowest BCUT2D eigenvalue weighted by Gasteiger charge is -2.19. The molecule has 0 radical (unpaired) electrons. The third-order valence-corrected chi connectivity index (χ3v) is 3.48. The molecule has 0 atom stereocenters. The van der Waals surface area contributed by atoms with Gasteiger partial charge in [0.1, 0.15) is 5.60 Å². The fourth-order valence-electron chi connectivity index (χ4n) is 2.14. The SMILES string of the molecule is CC(C)(C)OC(=O)CCCOCCOCCOCCOCCOCCOCCNCO. The van der Waals surface area contributed by atoms with Crippen molar-refractivity contribution in [1.82, 2.24) is 5.32 Å². The molecule has 0 saturated heterocycles. The van der Waals surface area contributed by atoms with Crippen LogP contribution < -0.4 is 5.32 Å². The van der Waals surface area contributed by atoms with E-state index in [1.165, 1.54) is 0 Å². The summed E-state index contributed by atoms with van der Waals surface area (Å²) < 4.78 is 37.5. The molecular weight excluding hydrogens is 410 g/mol. The minimum atomic E-state index is -0.440. The first kappa shape index (κ1) is 30.1. The number of hydrogen-bond donors (Lipinski definition) is 2. The monoisotopic (exact) mass is 453 g/mol. The molecule has 2 N–H and O–H groups in total. The average molecular weight is 454 g/mol. The number of carbonyl (C=O) groups is 1. The van der Waals surface area contributed by atoms with E-state index in [0.29, 0.717) is 98.7 Å². The van der Waals surface area contributed by atoms with Gasteiger partial charge in [-0.3, -0.25) is 10.1 Å². The second-order valence-electron chi connectivity index (χ2n) is 7.52. The molecule has 0 amide bonds. The minimum absolute atomic E-state index is 0.0389. The largest absolute Gasteiger partial charge is 0.460 e. The first-order valence-corrected chi connectivity index (χ1v) is 11.0. The van der Waals surface area contributed by atoms with Gasteiger partial charge < -0.3 is 38.3 Å². The van der Waals surface area contributed by atoms with Crippen LogP contribution in [0.25, 0.3) is 0 Å². The molecule has 0 spiro atoms. The zero-order valence-corrected chi connectivity index (χ0v) is 19.5. The lowest BCUT2D eigenvalue weighted by molar-refractivity contribution is -0.155. The molecule has 0 saturated carbocycles. The highest BCUT2D eigenvalue weighted by Gasteiger charge is 2.15. The predicted molar refractivity (Wildman–Crippen MR) is 115 cm³/mol. The van der Waals surface area contributed by atoms with Crippen molar-refractivity contribution in [2.24, 2.45) is 0 Å². The zero-order valence-electron chi connectivity index (χ0n) is 19.5. The summed E-state index contributed by atoms with van der Waals surface area (Å²) in [6.45, 7) is 12.3. The lowest BCUT2D eigenvalue weighted by atomic mass is 10.2. The molecule has 0 aromatic rings. The molecule has 0 aliphatic heterocycles. The van der Waals surface area contributed by atoms with Crippen molar-refractivity contribution < 1.29 is 43.1 Å². The normalized spacial score (nSPS) is 11.7.